The van der Waals surface area contributed by atoms with E-state index in [1.165, 1.54) is 0 Å². The second-order valence-electron chi connectivity index (χ2n) is 2.86. The van der Waals surface area contributed by atoms with Gasteiger partial charge in [0.25, 0.3) is 0 Å². The highest BCUT2D eigenvalue weighted by atomic mass is 79.9. The van der Waals surface area contributed by atoms with Crippen molar-refractivity contribution in [1.82, 2.24) is 4.98 Å². The summed E-state index contributed by atoms with van der Waals surface area (Å²) in [6, 6.07) is 0. The van der Waals surface area contributed by atoms with Crippen LogP contribution >= 0.6 is 38.6 Å². The first-order chi connectivity index (χ1) is 6.77. The first-order valence-electron chi connectivity index (χ1n) is 4.04. The second-order valence-corrected chi connectivity index (χ2v) is 5.43. The fourth-order valence-electron chi connectivity index (χ4n) is 1.17. The summed E-state index contributed by atoms with van der Waals surface area (Å²) < 4.78 is 0.986. The van der Waals surface area contributed by atoms with E-state index in [0.717, 1.165) is 14.9 Å². The van der Waals surface area contributed by atoms with Gasteiger partial charge in [0.1, 0.15) is 0 Å². The Morgan fingerprint density at radius 2 is 2.36 bits per heavy atom. The summed E-state index contributed by atoms with van der Waals surface area (Å²) in [4.78, 5) is 5.08. The van der Waals surface area contributed by atoms with Crippen molar-refractivity contribution >= 4 is 38.6 Å². The average molecular weight is 290 g/mol. The Balaban J connectivity index is 2.10. The fraction of sp³-hybridized carbons (Fsp3) is 0.222. The van der Waals surface area contributed by atoms with Crippen molar-refractivity contribution in [1.29, 1.82) is 0 Å². The molecule has 74 valence electrons. The minimum Gasteiger partial charge on any atom is -0.388 e. The van der Waals surface area contributed by atoms with Gasteiger partial charge in [-0.05, 0) is 21.3 Å². The summed E-state index contributed by atoms with van der Waals surface area (Å²) in [5, 5.41) is 13.9. The molecular weight excluding hydrogens is 282 g/mol. The molecule has 2 aromatic heterocycles. The smallest absolute Gasteiger partial charge is 0.0857 e. The molecule has 0 spiro atoms. The molecule has 0 saturated heterocycles. The second kappa shape index (κ2) is 4.53. The van der Waals surface area contributed by atoms with Crippen LogP contribution in [-0.2, 0) is 6.42 Å². The molecule has 0 bridgehead atoms. The van der Waals surface area contributed by atoms with Crippen LogP contribution in [0.3, 0.4) is 0 Å². The van der Waals surface area contributed by atoms with Crippen molar-refractivity contribution in [2.75, 3.05) is 0 Å². The lowest BCUT2D eigenvalue weighted by atomic mass is 10.1. The molecule has 1 N–H and O–H groups in total. The molecule has 0 saturated carbocycles. The highest BCUT2D eigenvalue weighted by molar-refractivity contribution is 9.10. The maximum Gasteiger partial charge on any atom is 0.0857 e. The molecule has 0 fully saturated rings. The predicted molar refractivity (Wildman–Crippen MR) is 62.8 cm³/mol. The molecular formula is C9H8BrNOS2. The number of hydrogen-bond acceptors (Lipinski definition) is 4. The fourth-order valence-corrected chi connectivity index (χ4v) is 3.41. The van der Waals surface area contributed by atoms with Crippen LogP contribution in [0.5, 0.6) is 0 Å². The van der Waals surface area contributed by atoms with Gasteiger partial charge in [-0.2, -0.15) is 11.3 Å². The zero-order chi connectivity index (χ0) is 9.97. The first-order valence-corrected chi connectivity index (χ1v) is 6.66. The normalized spacial score (nSPS) is 13.0. The zero-order valence-electron chi connectivity index (χ0n) is 7.18. The number of thiazole rings is 1. The van der Waals surface area contributed by atoms with E-state index in [1.807, 2.05) is 10.8 Å². The van der Waals surface area contributed by atoms with Crippen LogP contribution in [0, 0.1) is 0 Å². The third kappa shape index (κ3) is 2.23. The largest absolute Gasteiger partial charge is 0.388 e. The Kier molecular flexibility index (Phi) is 3.33. The van der Waals surface area contributed by atoms with Gasteiger partial charge in [-0.1, -0.05) is 0 Å². The van der Waals surface area contributed by atoms with Crippen LogP contribution in [0.4, 0.5) is 0 Å². The Labute approximate surface area is 98.4 Å². The summed E-state index contributed by atoms with van der Waals surface area (Å²) in [6.45, 7) is 0. The van der Waals surface area contributed by atoms with Gasteiger partial charge in [0.05, 0.1) is 11.6 Å². The van der Waals surface area contributed by atoms with Gasteiger partial charge in [-0.25, -0.2) is 0 Å². The van der Waals surface area contributed by atoms with E-state index in [1.54, 1.807) is 34.4 Å². The highest BCUT2D eigenvalue weighted by Gasteiger charge is 2.13. The Hall–Kier alpha value is -0.230. The van der Waals surface area contributed by atoms with Gasteiger partial charge in [-0.15, -0.1) is 11.3 Å². The maximum atomic E-state index is 9.92. The number of aliphatic hydroxyl groups is 1. The van der Waals surface area contributed by atoms with E-state index in [4.69, 9.17) is 0 Å². The summed E-state index contributed by atoms with van der Waals surface area (Å²) in [5.41, 5.74) is 2.74. The number of aromatic nitrogens is 1. The molecule has 5 heteroatoms. The van der Waals surface area contributed by atoms with Crippen LogP contribution in [-0.4, -0.2) is 10.1 Å². The number of nitrogens with zero attached hydrogens (tertiary/aromatic N) is 1. The molecule has 0 amide bonds. The van der Waals surface area contributed by atoms with E-state index in [0.29, 0.717) is 6.42 Å². The van der Waals surface area contributed by atoms with Gasteiger partial charge in [-0.3, -0.25) is 4.98 Å². The average Bonchev–Trinajstić information content (AvgIpc) is 2.75. The van der Waals surface area contributed by atoms with E-state index < -0.39 is 6.10 Å². The lowest BCUT2D eigenvalue weighted by Gasteiger charge is -2.07. The summed E-state index contributed by atoms with van der Waals surface area (Å²) in [5.74, 6) is 0. The van der Waals surface area contributed by atoms with Gasteiger partial charge in [0.15, 0.2) is 0 Å². The predicted octanol–water partition coefficient (Wildman–Crippen LogP) is 3.24. The molecule has 0 aliphatic carbocycles. The summed E-state index contributed by atoms with van der Waals surface area (Å²) in [6.07, 6.45) is 2.00. The van der Waals surface area contributed by atoms with E-state index in [9.17, 15) is 5.11 Å². The van der Waals surface area contributed by atoms with Crippen LogP contribution in [0.2, 0.25) is 0 Å². The summed E-state index contributed by atoms with van der Waals surface area (Å²) >= 11 is 6.57. The molecule has 14 heavy (non-hydrogen) atoms. The van der Waals surface area contributed by atoms with Crippen LogP contribution < -0.4 is 0 Å². The van der Waals surface area contributed by atoms with Gasteiger partial charge < -0.3 is 5.11 Å². The van der Waals surface area contributed by atoms with Gasteiger partial charge >= 0.3 is 0 Å². The molecule has 2 rings (SSSR count). The number of aliphatic hydroxyl groups excluding tert-OH is 1. The van der Waals surface area contributed by atoms with Crippen LogP contribution in [0.1, 0.15) is 16.5 Å². The van der Waals surface area contributed by atoms with Crippen molar-refractivity contribution in [2.45, 2.75) is 12.5 Å². The lowest BCUT2D eigenvalue weighted by Crippen LogP contribution is -1.99. The van der Waals surface area contributed by atoms with E-state index in [2.05, 4.69) is 20.9 Å². The van der Waals surface area contributed by atoms with Crippen LogP contribution in [0.15, 0.2) is 26.9 Å². The standard InChI is InChI=1S/C9H8BrNOS2/c10-8-4-13-3-7(8)9(12)1-6-2-11-5-14-6/h2-5,9,12H,1H2. The van der Waals surface area contributed by atoms with E-state index in [-0.39, 0.29) is 0 Å². The molecule has 2 nitrogen and oxygen atoms in total. The molecule has 0 aliphatic rings. The number of thiophene rings is 1. The van der Waals surface area contributed by atoms with Crippen molar-refractivity contribution in [3.8, 4) is 0 Å². The van der Waals surface area contributed by atoms with Crippen molar-refractivity contribution < 1.29 is 5.11 Å². The lowest BCUT2D eigenvalue weighted by molar-refractivity contribution is 0.179. The molecule has 0 aromatic carbocycles. The Morgan fingerprint density at radius 3 is 2.93 bits per heavy atom. The first kappa shape index (κ1) is 10.3. The molecule has 2 aromatic rings. The molecule has 1 atom stereocenters. The molecule has 0 radical (unpaired) electrons. The van der Waals surface area contributed by atoms with Crippen molar-refractivity contribution in [3.63, 3.8) is 0 Å². The van der Waals surface area contributed by atoms with Gasteiger partial charge in [0.2, 0.25) is 0 Å². The maximum absolute atomic E-state index is 9.92. The molecule has 0 aliphatic heterocycles. The van der Waals surface area contributed by atoms with Gasteiger partial charge in [0, 0.05) is 32.9 Å². The molecule has 1 unspecified atom stereocenters. The number of rotatable bonds is 3. The Bertz CT molecular complexity index is 399. The topological polar surface area (TPSA) is 33.1 Å². The number of hydrogen-bond donors (Lipinski definition) is 1. The van der Waals surface area contributed by atoms with E-state index >= 15 is 0 Å². The Morgan fingerprint density at radius 1 is 1.50 bits per heavy atom. The SMILES string of the molecule is OC(Cc1cncs1)c1cscc1Br. The van der Waals surface area contributed by atoms with Crippen LogP contribution in [0.25, 0.3) is 0 Å². The quantitative estimate of drug-likeness (QED) is 0.941. The third-order valence-corrected chi connectivity index (χ3v) is 4.43. The third-order valence-electron chi connectivity index (χ3n) is 1.88. The molecule has 2 heterocycles. The monoisotopic (exact) mass is 289 g/mol. The van der Waals surface area contributed by atoms with Crippen molar-refractivity contribution in [2.24, 2.45) is 0 Å². The zero-order valence-corrected chi connectivity index (χ0v) is 10.4. The van der Waals surface area contributed by atoms with Crippen molar-refractivity contribution in [3.05, 3.63) is 37.4 Å². The highest BCUT2D eigenvalue weighted by Crippen LogP contribution is 2.29. The minimum absolute atomic E-state index is 0.434. The minimum atomic E-state index is -0.434. The summed E-state index contributed by atoms with van der Waals surface area (Å²) in [7, 11) is 0. The number of halogens is 1.